The van der Waals surface area contributed by atoms with Crippen molar-refractivity contribution in [2.75, 3.05) is 69.7 Å². The van der Waals surface area contributed by atoms with Gasteiger partial charge in [-0.1, -0.05) is 30.3 Å². The zero-order valence-corrected chi connectivity index (χ0v) is 29.7. The molecule has 1 atom stereocenters. The Balaban J connectivity index is 1.22. The first kappa shape index (κ1) is 35.7. The molecule has 1 fully saturated rings. The number of aryl methyl sites for hydroxylation is 1. The monoisotopic (exact) mass is 689 g/mol. The molecule has 2 aliphatic rings. The van der Waals surface area contributed by atoms with Gasteiger partial charge in [0.1, 0.15) is 5.69 Å². The van der Waals surface area contributed by atoms with Gasteiger partial charge in [-0.15, -0.1) is 0 Å². The summed E-state index contributed by atoms with van der Waals surface area (Å²) in [5.74, 6) is -0.480. The van der Waals surface area contributed by atoms with Crippen molar-refractivity contribution in [3.63, 3.8) is 0 Å². The zero-order valence-electron chi connectivity index (χ0n) is 29.7. The van der Waals surface area contributed by atoms with Crippen LogP contribution in [0, 0.1) is 0 Å². The molecule has 266 valence electrons. The predicted octanol–water partition coefficient (Wildman–Crippen LogP) is 5.45. The number of ether oxygens (including phenoxy) is 1. The smallest absolute Gasteiger partial charge is 0.270 e. The van der Waals surface area contributed by atoms with E-state index in [4.69, 9.17) is 4.74 Å². The van der Waals surface area contributed by atoms with Gasteiger partial charge in [0.05, 0.1) is 24.9 Å². The largest absolute Gasteiger partial charge is 0.379 e. The van der Waals surface area contributed by atoms with Crippen LogP contribution in [0.5, 0.6) is 0 Å². The maximum absolute atomic E-state index is 13.8. The summed E-state index contributed by atoms with van der Waals surface area (Å²) >= 11 is 0. The second kappa shape index (κ2) is 16.7. The highest BCUT2D eigenvalue weighted by Crippen LogP contribution is 2.32. The number of fused-ring (bicyclic) bond motifs is 1. The minimum atomic E-state index is -0.372. The van der Waals surface area contributed by atoms with Crippen molar-refractivity contribution in [1.82, 2.24) is 25.1 Å². The third kappa shape index (κ3) is 8.61. The fraction of sp³-hybridized carbons (Fsp3) is 0.375. The molecule has 3 amide bonds. The average Bonchev–Trinajstić information content (AvgIpc) is 3.18. The molecule has 0 saturated carbocycles. The van der Waals surface area contributed by atoms with Crippen LogP contribution in [0.4, 0.5) is 11.4 Å². The lowest BCUT2D eigenvalue weighted by Crippen LogP contribution is -2.41. The standard InChI is InChI=1S/C40H47N7O4/c1-4-47(5-2)31-16-17-33(37-41-19-18-35(42-37)39(49)43-34-15-9-11-28-10-6-7-14-32(28)34)36(27-31)44-38(48)29-12-8-13-30(26-29)40(50)45(3)20-21-46-22-24-51-25-23-46/h6-8,10,12-14,16-19,26-27,34H,4-5,9,11,15,20-25H2,1-3H3,(H,43,49)(H,44,48)/t34-/m0/s1. The molecule has 4 aromatic rings. The minimum Gasteiger partial charge on any atom is -0.379 e. The second-order valence-corrected chi connectivity index (χ2v) is 13.0. The molecule has 1 saturated heterocycles. The van der Waals surface area contributed by atoms with Gasteiger partial charge < -0.3 is 25.2 Å². The van der Waals surface area contributed by atoms with Crippen LogP contribution >= 0.6 is 0 Å². The number of anilines is 2. The number of carbonyl (C=O) groups is 3. The lowest BCUT2D eigenvalue weighted by atomic mass is 9.87. The highest BCUT2D eigenvalue weighted by atomic mass is 16.5. The number of hydrogen-bond acceptors (Lipinski definition) is 8. The quantitative estimate of drug-likeness (QED) is 0.202. The van der Waals surface area contributed by atoms with Gasteiger partial charge in [-0.25, -0.2) is 9.97 Å². The first-order valence-corrected chi connectivity index (χ1v) is 17.9. The summed E-state index contributed by atoms with van der Waals surface area (Å²) in [6.45, 7) is 10.2. The first-order chi connectivity index (χ1) is 24.8. The molecule has 51 heavy (non-hydrogen) atoms. The van der Waals surface area contributed by atoms with E-state index in [2.05, 4.69) is 56.4 Å². The number of nitrogens with zero attached hydrogens (tertiary/aromatic N) is 5. The number of nitrogens with one attached hydrogen (secondary N) is 2. The molecule has 0 spiro atoms. The van der Waals surface area contributed by atoms with Crippen molar-refractivity contribution < 1.29 is 19.1 Å². The van der Waals surface area contributed by atoms with E-state index in [-0.39, 0.29) is 29.5 Å². The SMILES string of the molecule is CCN(CC)c1ccc(-c2nccc(C(=O)N[C@H]3CCCc4ccccc43)n2)c(NC(=O)c2cccc(C(=O)N(C)CCN3CCOCC3)c2)c1. The molecular weight excluding hydrogens is 642 g/mol. The van der Waals surface area contributed by atoms with Gasteiger partial charge in [-0.3, -0.25) is 19.3 Å². The molecule has 0 radical (unpaired) electrons. The van der Waals surface area contributed by atoms with Gasteiger partial charge in [0.25, 0.3) is 17.7 Å². The van der Waals surface area contributed by atoms with Gasteiger partial charge >= 0.3 is 0 Å². The summed E-state index contributed by atoms with van der Waals surface area (Å²) in [6.07, 6.45) is 4.44. The Kier molecular flexibility index (Phi) is 11.7. The van der Waals surface area contributed by atoms with Crippen LogP contribution < -0.4 is 15.5 Å². The van der Waals surface area contributed by atoms with E-state index in [1.165, 1.54) is 5.56 Å². The normalized spacial score (nSPS) is 15.8. The minimum absolute atomic E-state index is 0.0868. The number of aromatic nitrogens is 2. The average molecular weight is 690 g/mol. The Morgan fingerprint density at radius 2 is 1.71 bits per heavy atom. The number of amides is 3. The van der Waals surface area contributed by atoms with Crippen LogP contribution in [0.3, 0.4) is 0 Å². The van der Waals surface area contributed by atoms with Crippen molar-refractivity contribution >= 4 is 29.1 Å². The second-order valence-electron chi connectivity index (χ2n) is 13.0. The third-order valence-electron chi connectivity index (χ3n) is 9.76. The lowest BCUT2D eigenvalue weighted by Gasteiger charge is -2.28. The van der Waals surface area contributed by atoms with Crippen LogP contribution in [0.25, 0.3) is 11.4 Å². The van der Waals surface area contributed by atoms with Crippen molar-refractivity contribution in [3.05, 3.63) is 107 Å². The van der Waals surface area contributed by atoms with Crippen LogP contribution in [0.15, 0.2) is 79.0 Å². The molecule has 0 unspecified atom stereocenters. The van der Waals surface area contributed by atoms with E-state index in [1.54, 1.807) is 48.5 Å². The maximum Gasteiger partial charge on any atom is 0.270 e. The summed E-state index contributed by atoms with van der Waals surface area (Å²) in [6, 6.07) is 22.3. The fourth-order valence-corrected chi connectivity index (χ4v) is 6.79. The highest BCUT2D eigenvalue weighted by molar-refractivity contribution is 6.08. The predicted molar refractivity (Wildman–Crippen MR) is 199 cm³/mol. The van der Waals surface area contributed by atoms with Crippen LogP contribution in [-0.4, -0.2) is 97.0 Å². The summed E-state index contributed by atoms with van der Waals surface area (Å²) in [5, 5.41) is 6.25. The van der Waals surface area contributed by atoms with Crippen molar-refractivity contribution in [3.8, 4) is 11.4 Å². The van der Waals surface area contributed by atoms with E-state index in [0.717, 1.165) is 63.2 Å². The Labute approximate surface area is 300 Å². The zero-order chi connectivity index (χ0) is 35.7. The van der Waals surface area contributed by atoms with E-state index in [1.807, 2.05) is 30.3 Å². The number of likely N-dealkylation sites (N-methyl/N-ethyl adjacent to an activating group) is 1. The molecule has 11 nitrogen and oxygen atoms in total. The number of benzene rings is 3. The lowest BCUT2D eigenvalue weighted by molar-refractivity contribution is 0.0338. The molecule has 2 heterocycles. The summed E-state index contributed by atoms with van der Waals surface area (Å²) in [4.78, 5) is 56.0. The Bertz CT molecular complexity index is 1850. The van der Waals surface area contributed by atoms with Crippen LogP contribution in [-0.2, 0) is 11.2 Å². The molecule has 3 aromatic carbocycles. The third-order valence-corrected chi connectivity index (χ3v) is 9.76. The number of hydrogen-bond donors (Lipinski definition) is 2. The van der Waals surface area contributed by atoms with Gasteiger partial charge in [-0.2, -0.15) is 0 Å². The van der Waals surface area contributed by atoms with Gasteiger partial charge in [0.15, 0.2) is 5.82 Å². The molecule has 2 N–H and O–H groups in total. The maximum atomic E-state index is 13.8. The van der Waals surface area contributed by atoms with E-state index in [9.17, 15) is 14.4 Å². The molecule has 1 aliphatic heterocycles. The van der Waals surface area contributed by atoms with Crippen LogP contribution in [0.2, 0.25) is 0 Å². The number of morpholine rings is 1. The molecule has 6 rings (SSSR count). The fourth-order valence-electron chi connectivity index (χ4n) is 6.79. The Hall–Kier alpha value is -5.13. The molecule has 0 bridgehead atoms. The van der Waals surface area contributed by atoms with Crippen molar-refractivity contribution in [2.45, 2.75) is 39.2 Å². The Morgan fingerprint density at radius 1 is 0.922 bits per heavy atom. The van der Waals surface area contributed by atoms with Crippen molar-refractivity contribution in [1.29, 1.82) is 0 Å². The van der Waals surface area contributed by atoms with Gasteiger partial charge in [0, 0.05) is 74.9 Å². The van der Waals surface area contributed by atoms with Gasteiger partial charge in [0.2, 0.25) is 0 Å². The number of carbonyl (C=O) groups excluding carboxylic acids is 3. The Morgan fingerprint density at radius 3 is 2.51 bits per heavy atom. The molecule has 11 heteroatoms. The van der Waals surface area contributed by atoms with Crippen molar-refractivity contribution in [2.24, 2.45) is 0 Å². The molecule has 1 aromatic heterocycles. The van der Waals surface area contributed by atoms with E-state index < -0.39 is 0 Å². The topological polar surface area (TPSA) is 120 Å². The highest BCUT2D eigenvalue weighted by Gasteiger charge is 2.24. The summed E-state index contributed by atoms with van der Waals surface area (Å²) in [7, 11) is 1.78. The van der Waals surface area contributed by atoms with Gasteiger partial charge in [-0.05, 0) is 86.7 Å². The molecular formula is C40H47N7O4. The number of rotatable bonds is 12. The summed E-state index contributed by atoms with van der Waals surface area (Å²) in [5.41, 5.74) is 5.45. The molecule has 1 aliphatic carbocycles. The van der Waals surface area contributed by atoms with E-state index in [0.29, 0.717) is 48.0 Å². The van der Waals surface area contributed by atoms with E-state index >= 15 is 0 Å². The first-order valence-electron chi connectivity index (χ1n) is 17.9. The van der Waals surface area contributed by atoms with Crippen LogP contribution in [0.1, 0.15) is 75.1 Å². The summed E-state index contributed by atoms with van der Waals surface area (Å²) < 4.78 is 5.43.